The van der Waals surface area contributed by atoms with E-state index < -0.39 is 5.97 Å². The van der Waals surface area contributed by atoms with E-state index in [2.05, 4.69) is 26.5 Å². The van der Waals surface area contributed by atoms with Crippen LogP contribution in [-0.4, -0.2) is 30.8 Å². The topological polar surface area (TPSA) is 77.0 Å². The number of nitrogens with zero attached hydrogens (tertiary/aromatic N) is 1. The predicted molar refractivity (Wildman–Crippen MR) is 75.4 cm³/mol. The first-order valence-corrected chi connectivity index (χ1v) is 6.85. The van der Waals surface area contributed by atoms with Gasteiger partial charge in [0, 0.05) is 17.3 Å². The van der Waals surface area contributed by atoms with Crippen LogP contribution in [0.3, 0.4) is 0 Å². The van der Waals surface area contributed by atoms with Crippen LogP contribution in [0.4, 0.5) is 0 Å². The summed E-state index contributed by atoms with van der Waals surface area (Å²) in [5.41, 5.74) is 2.48. The van der Waals surface area contributed by atoms with Gasteiger partial charge >= 0.3 is 5.97 Å². The van der Waals surface area contributed by atoms with E-state index in [0.29, 0.717) is 12.2 Å². The number of carbonyl (C=O) groups is 2. The molecule has 0 unspecified atom stereocenters. The maximum absolute atomic E-state index is 11.6. The molecule has 7 heteroatoms. The summed E-state index contributed by atoms with van der Waals surface area (Å²) in [6.45, 7) is 0.375. The Labute approximate surface area is 124 Å². The summed E-state index contributed by atoms with van der Waals surface area (Å²) in [5, 5.41) is 3.65. The molecule has 20 heavy (non-hydrogen) atoms. The normalized spacial score (nSPS) is 14.2. The van der Waals surface area contributed by atoms with Crippen LogP contribution in [0.25, 0.3) is 0 Å². The average Bonchev–Trinajstić information content (AvgIpc) is 2.44. The fourth-order valence-electron chi connectivity index (χ4n) is 1.56. The van der Waals surface area contributed by atoms with Crippen molar-refractivity contribution in [3.05, 3.63) is 28.7 Å². The number of benzene rings is 1. The zero-order valence-corrected chi connectivity index (χ0v) is 12.2. The summed E-state index contributed by atoms with van der Waals surface area (Å²) in [6, 6.07) is 7.38. The third kappa shape index (κ3) is 4.34. The van der Waals surface area contributed by atoms with Crippen molar-refractivity contribution >= 4 is 33.5 Å². The molecular weight excluding hydrogens is 328 g/mol. The molecule has 6 nitrogen and oxygen atoms in total. The SMILES string of the molecule is O=C1CCC(C(=O)OCCOc2cccc(Br)c2)=NN1. The van der Waals surface area contributed by atoms with Gasteiger partial charge in [-0.3, -0.25) is 4.79 Å². The average molecular weight is 341 g/mol. The van der Waals surface area contributed by atoms with E-state index in [9.17, 15) is 9.59 Å². The summed E-state index contributed by atoms with van der Waals surface area (Å²) in [6.07, 6.45) is 0.555. The van der Waals surface area contributed by atoms with Gasteiger partial charge in [0.05, 0.1) is 0 Å². The van der Waals surface area contributed by atoms with Crippen molar-refractivity contribution in [2.75, 3.05) is 13.2 Å². The molecule has 1 amide bonds. The Hall–Kier alpha value is -1.89. The lowest BCUT2D eigenvalue weighted by Crippen LogP contribution is -2.31. The summed E-state index contributed by atoms with van der Waals surface area (Å²) in [7, 11) is 0. The predicted octanol–water partition coefficient (Wildman–Crippen LogP) is 1.64. The Bertz CT molecular complexity index is 545. The Morgan fingerprint density at radius 1 is 1.35 bits per heavy atom. The summed E-state index contributed by atoms with van der Waals surface area (Å²) in [5.74, 6) is -0.0277. The van der Waals surface area contributed by atoms with Gasteiger partial charge in [-0.2, -0.15) is 5.10 Å². The molecule has 0 fully saturated rings. The summed E-state index contributed by atoms with van der Waals surface area (Å²) < 4.78 is 11.4. The molecule has 0 saturated carbocycles. The molecule has 1 aromatic carbocycles. The second-order valence-corrected chi connectivity index (χ2v) is 4.95. The first-order chi connectivity index (χ1) is 9.65. The lowest BCUT2D eigenvalue weighted by Gasteiger charge is -2.11. The number of hydrogen-bond donors (Lipinski definition) is 1. The number of ether oxygens (including phenoxy) is 2. The monoisotopic (exact) mass is 340 g/mol. The van der Waals surface area contributed by atoms with Crippen LogP contribution in [0, 0.1) is 0 Å². The third-order valence-corrected chi connectivity index (χ3v) is 3.01. The number of hydrogen-bond acceptors (Lipinski definition) is 5. The van der Waals surface area contributed by atoms with Crippen LogP contribution in [0.1, 0.15) is 12.8 Å². The number of carbonyl (C=O) groups excluding carboxylic acids is 2. The lowest BCUT2D eigenvalue weighted by atomic mass is 10.2. The zero-order valence-electron chi connectivity index (χ0n) is 10.6. The van der Waals surface area contributed by atoms with Gasteiger partial charge in [-0.1, -0.05) is 22.0 Å². The molecule has 0 saturated heterocycles. The maximum Gasteiger partial charge on any atom is 0.354 e. The number of nitrogens with one attached hydrogen (secondary N) is 1. The highest BCUT2D eigenvalue weighted by Gasteiger charge is 2.19. The molecule has 0 spiro atoms. The van der Waals surface area contributed by atoms with Crippen LogP contribution in [0.2, 0.25) is 0 Å². The molecule has 0 aliphatic carbocycles. The Morgan fingerprint density at radius 2 is 2.20 bits per heavy atom. The van der Waals surface area contributed by atoms with Crippen molar-refractivity contribution in [1.82, 2.24) is 5.43 Å². The second kappa shape index (κ2) is 7.04. The van der Waals surface area contributed by atoms with Crippen LogP contribution in [0.5, 0.6) is 5.75 Å². The van der Waals surface area contributed by atoms with E-state index in [1.165, 1.54) is 0 Å². The van der Waals surface area contributed by atoms with Crippen molar-refractivity contribution in [2.45, 2.75) is 12.8 Å². The van der Waals surface area contributed by atoms with Gasteiger partial charge in [0.25, 0.3) is 0 Å². The molecule has 1 aliphatic rings. The van der Waals surface area contributed by atoms with E-state index in [1.807, 2.05) is 24.3 Å². The Balaban J connectivity index is 1.71. The van der Waals surface area contributed by atoms with Crippen LogP contribution in [0.15, 0.2) is 33.8 Å². The molecule has 1 aliphatic heterocycles. The molecule has 0 atom stereocenters. The summed E-state index contributed by atoms with van der Waals surface area (Å²) in [4.78, 5) is 22.5. The minimum absolute atomic E-state index is 0.123. The number of halogens is 1. The molecule has 0 radical (unpaired) electrons. The molecule has 106 valence electrons. The van der Waals surface area contributed by atoms with Crippen molar-refractivity contribution in [3.8, 4) is 5.75 Å². The minimum atomic E-state index is -0.525. The van der Waals surface area contributed by atoms with Crippen molar-refractivity contribution in [1.29, 1.82) is 0 Å². The smallest absolute Gasteiger partial charge is 0.354 e. The van der Waals surface area contributed by atoms with E-state index >= 15 is 0 Å². The molecule has 1 heterocycles. The number of hydrazone groups is 1. The number of esters is 1. The Kier molecular flexibility index (Phi) is 5.11. The number of amides is 1. The van der Waals surface area contributed by atoms with Gasteiger partial charge in [-0.15, -0.1) is 0 Å². The van der Waals surface area contributed by atoms with Gasteiger partial charge in [-0.25, -0.2) is 10.2 Å². The van der Waals surface area contributed by atoms with Crippen molar-refractivity contribution in [2.24, 2.45) is 5.10 Å². The van der Waals surface area contributed by atoms with Gasteiger partial charge in [0.1, 0.15) is 24.7 Å². The standard InChI is InChI=1S/C13H13BrN2O4/c14-9-2-1-3-10(8-9)19-6-7-20-13(18)11-4-5-12(17)16-15-11/h1-3,8H,4-7H2,(H,16,17). The van der Waals surface area contributed by atoms with Crippen molar-refractivity contribution < 1.29 is 19.1 Å². The summed E-state index contributed by atoms with van der Waals surface area (Å²) >= 11 is 3.34. The molecule has 2 rings (SSSR count). The molecular formula is C13H13BrN2O4. The van der Waals surface area contributed by atoms with Crippen LogP contribution >= 0.6 is 15.9 Å². The quantitative estimate of drug-likeness (QED) is 0.652. The highest BCUT2D eigenvalue weighted by molar-refractivity contribution is 9.10. The third-order valence-electron chi connectivity index (χ3n) is 2.52. The number of rotatable bonds is 5. The zero-order chi connectivity index (χ0) is 14.4. The maximum atomic E-state index is 11.6. The Morgan fingerprint density at radius 3 is 2.90 bits per heavy atom. The van der Waals surface area contributed by atoms with E-state index in [-0.39, 0.29) is 31.3 Å². The van der Waals surface area contributed by atoms with Gasteiger partial charge in [-0.05, 0) is 18.2 Å². The van der Waals surface area contributed by atoms with Crippen LogP contribution in [-0.2, 0) is 14.3 Å². The second-order valence-electron chi connectivity index (χ2n) is 4.04. The highest BCUT2D eigenvalue weighted by Crippen LogP contribution is 2.17. The minimum Gasteiger partial charge on any atom is -0.490 e. The largest absolute Gasteiger partial charge is 0.490 e. The fraction of sp³-hybridized carbons (Fsp3) is 0.308. The van der Waals surface area contributed by atoms with Gasteiger partial charge < -0.3 is 9.47 Å². The first kappa shape index (κ1) is 14.5. The first-order valence-electron chi connectivity index (χ1n) is 6.06. The molecule has 0 bridgehead atoms. The molecule has 0 aromatic heterocycles. The lowest BCUT2D eigenvalue weighted by molar-refractivity contribution is -0.136. The molecule has 1 N–H and O–H groups in total. The van der Waals surface area contributed by atoms with Gasteiger partial charge in [0.2, 0.25) is 5.91 Å². The fourth-order valence-corrected chi connectivity index (χ4v) is 1.93. The van der Waals surface area contributed by atoms with E-state index in [1.54, 1.807) is 0 Å². The van der Waals surface area contributed by atoms with E-state index in [0.717, 1.165) is 4.47 Å². The highest BCUT2D eigenvalue weighted by atomic mass is 79.9. The van der Waals surface area contributed by atoms with Crippen molar-refractivity contribution in [3.63, 3.8) is 0 Å². The van der Waals surface area contributed by atoms with E-state index in [4.69, 9.17) is 9.47 Å². The van der Waals surface area contributed by atoms with Gasteiger partial charge in [0.15, 0.2) is 0 Å². The van der Waals surface area contributed by atoms with Crippen LogP contribution < -0.4 is 10.2 Å². The molecule has 1 aromatic rings.